The van der Waals surface area contributed by atoms with Crippen molar-refractivity contribution in [2.75, 3.05) is 18.5 Å². The highest BCUT2D eigenvalue weighted by Gasteiger charge is 2.50. The first-order valence-electron chi connectivity index (χ1n) is 10.4. The Morgan fingerprint density at radius 2 is 2.03 bits per heavy atom. The Morgan fingerprint density at radius 1 is 1.33 bits per heavy atom. The van der Waals surface area contributed by atoms with E-state index in [1.54, 1.807) is 31.3 Å². The van der Waals surface area contributed by atoms with Crippen molar-refractivity contribution < 1.29 is 37.0 Å². The van der Waals surface area contributed by atoms with Gasteiger partial charge in [0, 0.05) is 19.3 Å². The molecule has 0 radical (unpaired) electrons. The van der Waals surface area contributed by atoms with E-state index in [1.165, 1.54) is 17.0 Å². The molecule has 0 saturated carbocycles. The van der Waals surface area contributed by atoms with Gasteiger partial charge in [-0.2, -0.15) is 13.2 Å². The number of aromatic nitrogens is 4. The molecule has 0 spiro atoms. The molecule has 36 heavy (non-hydrogen) atoms. The van der Waals surface area contributed by atoms with Crippen molar-refractivity contribution in [2.45, 2.75) is 24.3 Å². The highest BCUT2D eigenvalue weighted by molar-refractivity contribution is 6.03. The summed E-state index contributed by atoms with van der Waals surface area (Å²) < 4.78 is 61.7. The Kier molecular flexibility index (Phi) is 8.00. The minimum Gasteiger partial charge on any atom is -0.483 e. The van der Waals surface area contributed by atoms with Crippen LogP contribution >= 0.6 is 0 Å². The van der Waals surface area contributed by atoms with Crippen molar-refractivity contribution in [3.8, 4) is 0 Å². The van der Waals surface area contributed by atoms with Crippen molar-refractivity contribution in [1.29, 1.82) is 0 Å². The molecule has 0 unspecified atom stereocenters. The van der Waals surface area contributed by atoms with Gasteiger partial charge >= 0.3 is 6.18 Å². The number of amides is 1. The molecule has 1 atom stereocenters. The van der Waals surface area contributed by atoms with Crippen LogP contribution in [0, 0.1) is 0 Å². The number of carboxylic acid groups (broad SMARTS) is 1. The quantitative estimate of drug-likeness (QED) is 0.339. The molecule has 192 valence electrons. The zero-order chi connectivity index (χ0) is 26.5. The first-order valence-corrected chi connectivity index (χ1v) is 10.4. The van der Waals surface area contributed by atoms with Gasteiger partial charge in [0.25, 0.3) is 12.4 Å². The lowest BCUT2D eigenvalue weighted by atomic mass is 9.74. The second-order valence-electron chi connectivity index (χ2n) is 7.90. The van der Waals surface area contributed by atoms with Crippen molar-refractivity contribution >= 4 is 18.1 Å². The maximum Gasteiger partial charge on any atom is 0.433 e. The number of rotatable bonds is 6. The highest BCUT2D eigenvalue weighted by Crippen LogP contribution is 2.45. The van der Waals surface area contributed by atoms with Gasteiger partial charge in [0.2, 0.25) is 0 Å². The normalized spacial score (nSPS) is 15.2. The molecule has 4 N–H and O–H groups in total. The van der Waals surface area contributed by atoms with E-state index in [-0.39, 0.29) is 43.3 Å². The molecule has 14 heteroatoms. The summed E-state index contributed by atoms with van der Waals surface area (Å²) in [6, 6.07) is 8.39. The third-order valence-electron chi connectivity index (χ3n) is 5.52. The Morgan fingerprint density at radius 3 is 2.56 bits per heavy atom. The molecule has 1 fully saturated rings. The van der Waals surface area contributed by atoms with Crippen LogP contribution in [0.15, 0.2) is 42.7 Å². The lowest BCUT2D eigenvalue weighted by Crippen LogP contribution is -2.50. The second-order valence-corrected chi connectivity index (χ2v) is 7.90. The molecule has 3 aromatic rings. The number of carbonyl (C=O) groups is 2. The first-order chi connectivity index (χ1) is 17.1. The molecule has 4 rings (SSSR count). The Hall–Kier alpha value is -3.91. The lowest BCUT2D eigenvalue weighted by molar-refractivity contribution is -0.141. The SMILES string of the molecule is Cn1cnnc1[C@@H](F)C1(c2cccc(NC(=O)c3cc(CN)cc(C(F)(F)F)n3)c2)COC1.O=CO. The van der Waals surface area contributed by atoms with Crippen LogP contribution in [0.1, 0.15) is 39.3 Å². The van der Waals surface area contributed by atoms with Crippen LogP contribution in [0.2, 0.25) is 0 Å². The van der Waals surface area contributed by atoms with Crippen LogP contribution in [-0.4, -0.2) is 50.4 Å². The molecular formula is C22H22F4N6O4. The number of ether oxygens (including phenoxy) is 1. The minimum absolute atomic E-state index is 0.0907. The van der Waals surface area contributed by atoms with Gasteiger partial charge in [-0.15, -0.1) is 10.2 Å². The van der Waals surface area contributed by atoms with Crippen molar-refractivity contribution in [3.05, 3.63) is 71.1 Å². The summed E-state index contributed by atoms with van der Waals surface area (Å²) in [6.07, 6.45) is -4.86. The lowest BCUT2D eigenvalue weighted by Gasteiger charge is -2.43. The van der Waals surface area contributed by atoms with E-state index in [2.05, 4.69) is 20.5 Å². The summed E-state index contributed by atoms with van der Waals surface area (Å²) in [7, 11) is 1.63. The van der Waals surface area contributed by atoms with E-state index in [1.807, 2.05) is 0 Å². The zero-order valence-corrected chi connectivity index (χ0v) is 18.9. The molecule has 1 amide bonds. The molecule has 0 aliphatic carbocycles. The number of alkyl halides is 4. The third-order valence-corrected chi connectivity index (χ3v) is 5.52. The maximum atomic E-state index is 15.5. The van der Waals surface area contributed by atoms with E-state index >= 15 is 4.39 Å². The smallest absolute Gasteiger partial charge is 0.433 e. The van der Waals surface area contributed by atoms with Gasteiger partial charge in [0.15, 0.2) is 12.0 Å². The number of hydrogen-bond donors (Lipinski definition) is 3. The number of halogens is 4. The standard InChI is InChI=1S/C21H20F4N6O2.CH2O2/c1-31-11-27-30-18(31)17(22)20(9-33-10-20)13-3-2-4-14(7-13)28-19(32)15-5-12(8-26)6-16(29-15)21(23,24)25;2-1-3/h2-7,11,17H,8-10,26H2,1H3,(H,28,32);1H,(H,2,3)/t17-;/m1./s1. The van der Waals surface area contributed by atoms with Crippen LogP contribution in [0.3, 0.4) is 0 Å². The average molecular weight is 510 g/mol. The van der Waals surface area contributed by atoms with Crippen LogP contribution in [0.5, 0.6) is 0 Å². The van der Waals surface area contributed by atoms with Crippen LogP contribution in [-0.2, 0) is 34.7 Å². The number of benzene rings is 1. The second kappa shape index (κ2) is 10.8. The van der Waals surface area contributed by atoms with Gasteiger partial charge in [-0.3, -0.25) is 9.59 Å². The summed E-state index contributed by atoms with van der Waals surface area (Å²) in [5, 5.41) is 17.0. The van der Waals surface area contributed by atoms with E-state index in [0.29, 0.717) is 5.56 Å². The van der Waals surface area contributed by atoms with E-state index in [9.17, 15) is 18.0 Å². The number of carbonyl (C=O) groups excluding carboxylic acids is 1. The molecule has 10 nitrogen and oxygen atoms in total. The fraction of sp³-hybridized carbons (Fsp3) is 0.318. The van der Waals surface area contributed by atoms with Gasteiger partial charge in [0.1, 0.15) is 17.7 Å². The van der Waals surface area contributed by atoms with E-state index in [4.69, 9.17) is 20.4 Å². The summed E-state index contributed by atoms with van der Waals surface area (Å²) >= 11 is 0. The van der Waals surface area contributed by atoms with Crippen LogP contribution < -0.4 is 11.1 Å². The zero-order valence-electron chi connectivity index (χ0n) is 18.9. The number of anilines is 1. The maximum absolute atomic E-state index is 15.5. The van der Waals surface area contributed by atoms with Gasteiger partial charge in [-0.1, -0.05) is 12.1 Å². The Balaban J connectivity index is 0.00000115. The van der Waals surface area contributed by atoms with Gasteiger partial charge in [0.05, 0.1) is 18.6 Å². The monoisotopic (exact) mass is 510 g/mol. The molecule has 1 aromatic carbocycles. The molecule has 0 bridgehead atoms. The van der Waals surface area contributed by atoms with Crippen LogP contribution in [0.25, 0.3) is 0 Å². The molecule has 1 aliphatic heterocycles. The number of nitrogens with zero attached hydrogens (tertiary/aromatic N) is 4. The van der Waals surface area contributed by atoms with Crippen molar-refractivity contribution in [2.24, 2.45) is 12.8 Å². The number of aryl methyl sites for hydroxylation is 1. The average Bonchev–Trinajstić information content (AvgIpc) is 3.24. The summed E-state index contributed by atoms with van der Waals surface area (Å²) in [4.78, 5) is 24.5. The topological polar surface area (TPSA) is 145 Å². The Bertz CT molecular complexity index is 1230. The summed E-state index contributed by atoms with van der Waals surface area (Å²) in [5.41, 5.74) is 3.71. The fourth-order valence-corrected chi connectivity index (χ4v) is 3.62. The third kappa shape index (κ3) is 5.49. The van der Waals surface area contributed by atoms with E-state index < -0.39 is 35.1 Å². The number of nitrogens with one attached hydrogen (secondary N) is 1. The van der Waals surface area contributed by atoms with Crippen LogP contribution in [0.4, 0.5) is 23.2 Å². The summed E-state index contributed by atoms with van der Waals surface area (Å²) in [5.74, 6) is -0.716. The molecule has 1 saturated heterocycles. The molecule has 3 heterocycles. The highest BCUT2D eigenvalue weighted by atomic mass is 19.4. The predicted octanol–water partition coefficient (Wildman–Crippen LogP) is 2.62. The predicted molar refractivity (Wildman–Crippen MR) is 118 cm³/mol. The van der Waals surface area contributed by atoms with Gasteiger partial charge in [-0.25, -0.2) is 9.37 Å². The Labute approximate surface area is 202 Å². The van der Waals surface area contributed by atoms with Gasteiger partial charge in [-0.05, 0) is 35.4 Å². The van der Waals surface area contributed by atoms with Crippen molar-refractivity contribution in [3.63, 3.8) is 0 Å². The fourth-order valence-electron chi connectivity index (χ4n) is 3.62. The minimum atomic E-state index is -4.73. The molecule has 2 aromatic heterocycles. The molecular weight excluding hydrogens is 488 g/mol. The van der Waals surface area contributed by atoms with Gasteiger partial charge < -0.3 is 25.5 Å². The molecule has 1 aliphatic rings. The number of hydrogen-bond acceptors (Lipinski definition) is 7. The largest absolute Gasteiger partial charge is 0.483 e. The van der Waals surface area contributed by atoms with E-state index in [0.717, 1.165) is 6.07 Å². The first kappa shape index (κ1) is 26.7. The number of pyridine rings is 1. The summed E-state index contributed by atoms with van der Waals surface area (Å²) in [6.45, 7) is -0.259. The number of nitrogens with two attached hydrogens (primary N) is 1. The van der Waals surface area contributed by atoms with Crippen molar-refractivity contribution in [1.82, 2.24) is 19.7 Å².